The van der Waals surface area contributed by atoms with Gasteiger partial charge in [-0.3, -0.25) is 4.79 Å². The molecule has 0 radical (unpaired) electrons. The molecule has 4 rings (SSSR count). The third kappa shape index (κ3) is 3.43. The number of para-hydroxylation sites is 1. The number of halogens is 1. The zero-order valence-electron chi connectivity index (χ0n) is 15.9. The van der Waals surface area contributed by atoms with Crippen LogP contribution in [-0.4, -0.2) is 27.4 Å². The summed E-state index contributed by atoms with van der Waals surface area (Å²) in [4.78, 5) is 18.9. The number of fused-ring (bicyclic) bond motifs is 1. The number of amides is 1. The van der Waals surface area contributed by atoms with Gasteiger partial charge in [-0.25, -0.2) is 4.98 Å². The minimum atomic E-state index is -0.0319. The molecule has 0 aliphatic heterocycles. The van der Waals surface area contributed by atoms with Crippen molar-refractivity contribution >= 4 is 39.1 Å². The summed E-state index contributed by atoms with van der Waals surface area (Å²) in [6.07, 6.45) is 0. The minimum absolute atomic E-state index is 0.0319. The molecule has 0 spiro atoms. The van der Waals surface area contributed by atoms with Crippen LogP contribution < -0.4 is 0 Å². The topological polar surface area (TPSA) is 38.1 Å². The van der Waals surface area contributed by atoms with Crippen molar-refractivity contribution in [3.63, 3.8) is 0 Å². The molecule has 0 saturated heterocycles. The number of nitrogens with zero attached hydrogens (tertiary/aromatic N) is 3. The zero-order chi connectivity index (χ0) is 19.8. The fraction of sp³-hybridized carbons (Fsp3) is 0.182. The van der Waals surface area contributed by atoms with E-state index in [1.165, 1.54) is 11.3 Å². The van der Waals surface area contributed by atoms with Gasteiger partial charge in [0.2, 0.25) is 0 Å². The van der Waals surface area contributed by atoms with Crippen molar-refractivity contribution < 1.29 is 4.79 Å². The number of thiazole rings is 1. The highest BCUT2D eigenvalue weighted by Crippen LogP contribution is 2.27. The van der Waals surface area contributed by atoms with Crippen LogP contribution in [0.2, 0.25) is 4.47 Å². The average molecular weight is 410 g/mol. The van der Waals surface area contributed by atoms with E-state index >= 15 is 0 Å². The fourth-order valence-corrected chi connectivity index (χ4v) is 4.55. The molecule has 0 saturated carbocycles. The highest BCUT2D eigenvalue weighted by Gasteiger charge is 2.17. The molecule has 4 aromatic rings. The molecular weight excluding hydrogens is 390 g/mol. The first-order chi connectivity index (χ1) is 13.4. The molecule has 0 aliphatic carbocycles. The van der Waals surface area contributed by atoms with E-state index in [9.17, 15) is 4.79 Å². The lowest BCUT2D eigenvalue weighted by Gasteiger charge is -2.18. The van der Waals surface area contributed by atoms with Crippen LogP contribution in [-0.2, 0) is 6.54 Å². The molecule has 0 N–H and O–H groups in total. The Morgan fingerprint density at radius 3 is 2.64 bits per heavy atom. The van der Waals surface area contributed by atoms with E-state index in [-0.39, 0.29) is 5.91 Å². The van der Waals surface area contributed by atoms with E-state index in [2.05, 4.69) is 41.6 Å². The van der Waals surface area contributed by atoms with Crippen molar-refractivity contribution in [1.29, 1.82) is 0 Å². The van der Waals surface area contributed by atoms with Crippen molar-refractivity contribution in [1.82, 2.24) is 14.5 Å². The van der Waals surface area contributed by atoms with Crippen LogP contribution in [0.15, 0.2) is 54.6 Å². The van der Waals surface area contributed by atoms with Gasteiger partial charge in [-0.1, -0.05) is 29.8 Å². The molecule has 1 amide bonds. The van der Waals surface area contributed by atoms with E-state index in [1.54, 1.807) is 4.90 Å². The highest BCUT2D eigenvalue weighted by atomic mass is 35.5. The predicted molar refractivity (Wildman–Crippen MR) is 116 cm³/mol. The Morgan fingerprint density at radius 2 is 1.89 bits per heavy atom. The maximum Gasteiger partial charge on any atom is 0.253 e. The second-order valence-electron chi connectivity index (χ2n) is 6.88. The Morgan fingerprint density at radius 1 is 1.14 bits per heavy atom. The molecule has 0 unspecified atom stereocenters. The summed E-state index contributed by atoms with van der Waals surface area (Å²) in [6, 6.07) is 18.0. The molecule has 142 valence electrons. The Hall–Kier alpha value is -2.63. The fourth-order valence-electron chi connectivity index (χ4n) is 3.54. The Bertz CT molecular complexity index is 1160. The summed E-state index contributed by atoms with van der Waals surface area (Å²) in [5.74, 6) is -0.0319. The highest BCUT2D eigenvalue weighted by molar-refractivity contribution is 7.22. The van der Waals surface area contributed by atoms with Crippen LogP contribution in [0.4, 0.5) is 0 Å². The number of carbonyl (C=O) groups is 1. The predicted octanol–water partition coefficient (Wildman–Crippen LogP) is 5.63. The summed E-state index contributed by atoms with van der Waals surface area (Å²) >= 11 is 7.39. The number of benzene rings is 2. The largest absolute Gasteiger partial charge is 0.337 e. The lowest BCUT2D eigenvalue weighted by Crippen LogP contribution is -2.26. The van der Waals surface area contributed by atoms with Crippen molar-refractivity contribution in [2.24, 2.45) is 0 Å². The molecule has 6 heteroatoms. The molecule has 0 bridgehead atoms. The Balaban J connectivity index is 1.59. The summed E-state index contributed by atoms with van der Waals surface area (Å²) in [7, 11) is 1.83. The molecule has 4 nitrogen and oxygen atoms in total. The summed E-state index contributed by atoms with van der Waals surface area (Å²) in [5.41, 5.74) is 5.94. The molecule has 2 aromatic heterocycles. The molecule has 0 aliphatic rings. The molecular formula is C22H20ClN3OS. The van der Waals surface area contributed by atoms with Gasteiger partial charge in [-0.2, -0.15) is 0 Å². The first-order valence-electron chi connectivity index (χ1n) is 8.99. The van der Waals surface area contributed by atoms with Crippen LogP contribution in [0.1, 0.15) is 27.3 Å². The smallest absolute Gasteiger partial charge is 0.253 e. The molecule has 2 aromatic carbocycles. The van der Waals surface area contributed by atoms with E-state index in [0.717, 1.165) is 32.9 Å². The molecule has 28 heavy (non-hydrogen) atoms. The minimum Gasteiger partial charge on any atom is -0.337 e. The van der Waals surface area contributed by atoms with Gasteiger partial charge in [0, 0.05) is 36.2 Å². The monoisotopic (exact) mass is 409 g/mol. The lowest BCUT2D eigenvalue weighted by molar-refractivity contribution is 0.0785. The van der Waals surface area contributed by atoms with E-state index in [0.29, 0.717) is 16.6 Å². The van der Waals surface area contributed by atoms with E-state index < -0.39 is 0 Å². The third-order valence-electron chi connectivity index (χ3n) is 4.91. The van der Waals surface area contributed by atoms with Crippen LogP contribution in [0, 0.1) is 13.8 Å². The van der Waals surface area contributed by atoms with Gasteiger partial charge in [0.1, 0.15) is 0 Å². The number of aryl methyl sites for hydroxylation is 1. The summed E-state index contributed by atoms with van der Waals surface area (Å²) in [6.45, 7) is 4.73. The van der Waals surface area contributed by atoms with Gasteiger partial charge in [-0.05, 0) is 55.8 Å². The second-order valence-corrected chi connectivity index (χ2v) is 8.49. The standard InChI is InChI=1S/C22H20ClN3OS/c1-14-11-17(15(2)26(14)18-7-5-4-6-8-18)13-25(3)21(27)16-9-10-20-19(12-16)24-22(23)28-20/h4-12H,13H2,1-3H3. The van der Waals surface area contributed by atoms with Gasteiger partial charge in [0.15, 0.2) is 4.47 Å². The van der Waals surface area contributed by atoms with E-state index in [4.69, 9.17) is 11.6 Å². The molecule has 2 heterocycles. The van der Waals surface area contributed by atoms with Crippen molar-refractivity contribution in [2.45, 2.75) is 20.4 Å². The van der Waals surface area contributed by atoms with Crippen LogP contribution in [0.5, 0.6) is 0 Å². The first kappa shape index (κ1) is 18.7. The van der Waals surface area contributed by atoms with Crippen LogP contribution >= 0.6 is 22.9 Å². The van der Waals surface area contributed by atoms with E-state index in [1.807, 2.05) is 43.4 Å². The summed E-state index contributed by atoms with van der Waals surface area (Å²) < 4.78 is 3.69. The third-order valence-corrected chi connectivity index (χ3v) is 6.05. The number of hydrogen-bond acceptors (Lipinski definition) is 3. The lowest BCUT2D eigenvalue weighted by atomic mass is 10.1. The molecule has 0 fully saturated rings. The van der Waals surface area contributed by atoms with Gasteiger partial charge >= 0.3 is 0 Å². The maximum atomic E-state index is 12.9. The number of hydrogen-bond donors (Lipinski definition) is 0. The van der Waals surface area contributed by atoms with Gasteiger partial charge in [0.05, 0.1) is 10.2 Å². The normalized spacial score (nSPS) is 11.1. The SMILES string of the molecule is Cc1cc(CN(C)C(=O)c2ccc3sc(Cl)nc3c2)c(C)n1-c1ccccc1. The zero-order valence-corrected chi connectivity index (χ0v) is 17.5. The van der Waals surface area contributed by atoms with Gasteiger partial charge < -0.3 is 9.47 Å². The summed E-state index contributed by atoms with van der Waals surface area (Å²) in [5, 5.41) is 0. The number of rotatable bonds is 4. The van der Waals surface area contributed by atoms with Crippen LogP contribution in [0.25, 0.3) is 15.9 Å². The van der Waals surface area contributed by atoms with Crippen molar-refractivity contribution in [3.05, 3.63) is 81.6 Å². The van der Waals surface area contributed by atoms with Crippen molar-refractivity contribution in [2.75, 3.05) is 7.05 Å². The number of carbonyl (C=O) groups excluding carboxylic acids is 1. The second kappa shape index (κ2) is 7.41. The van der Waals surface area contributed by atoms with Gasteiger partial charge in [0.25, 0.3) is 5.91 Å². The Labute approximate surface area is 173 Å². The van der Waals surface area contributed by atoms with Crippen molar-refractivity contribution in [3.8, 4) is 5.69 Å². The Kier molecular flexibility index (Phi) is 4.96. The quantitative estimate of drug-likeness (QED) is 0.438. The maximum absolute atomic E-state index is 12.9. The first-order valence-corrected chi connectivity index (χ1v) is 10.2. The average Bonchev–Trinajstić information content (AvgIpc) is 3.19. The molecule has 0 atom stereocenters. The van der Waals surface area contributed by atoms with Crippen LogP contribution in [0.3, 0.4) is 0 Å². The van der Waals surface area contributed by atoms with Gasteiger partial charge in [-0.15, -0.1) is 11.3 Å². The number of aromatic nitrogens is 2.